The number of alkyl halides is 3. The number of ether oxygens (including phenoxy) is 1. The lowest BCUT2D eigenvalue weighted by atomic mass is 9.86. The summed E-state index contributed by atoms with van der Waals surface area (Å²) in [5.74, 6) is -1.66. The number of halogens is 3. The Morgan fingerprint density at radius 2 is 1.62 bits per heavy atom. The van der Waals surface area contributed by atoms with Crippen molar-refractivity contribution in [2.75, 3.05) is 13.6 Å². The van der Waals surface area contributed by atoms with Crippen LogP contribution in [0.3, 0.4) is 0 Å². The number of nitrogens with zero attached hydrogens (tertiary/aromatic N) is 2. The first-order valence-corrected chi connectivity index (χ1v) is 11.0. The molecule has 0 bridgehead atoms. The number of aliphatic carboxylic acids is 1. The molecule has 0 radical (unpaired) electrons. The largest absolute Gasteiger partial charge is 0.573 e. The quantitative estimate of drug-likeness (QED) is 0.623. The molecule has 3 rings (SSSR count). The second-order valence-corrected chi connectivity index (χ2v) is 9.50. The molecule has 1 N–H and O–H groups in total. The number of hydrogen-bond acceptors (Lipinski definition) is 4. The summed E-state index contributed by atoms with van der Waals surface area (Å²) in [4.78, 5) is 27.9. The van der Waals surface area contributed by atoms with E-state index in [-0.39, 0.29) is 30.0 Å². The van der Waals surface area contributed by atoms with E-state index in [9.17, 15) is 27.9 Å². The van der Waals surface area contributed by atoms with Gasteiger partial charge in [0.15, 0.2) is 0 Å². The van der Waals surface area contributed by atoms with Gasteiger partial charge in [0.05, 0.1) is 6.42 Å². The molecule has 2 atom stereocenters. The summed E-state index contributed by atoms with van der Waals surface area (Å²) in [5.41, 5.74) is 2.70. The fourth-order valence-electron chi connectivity index (χ4n) is 4.18. The first-order valence-electron chi connectivity index (χ1n) is 11.0. The summed E-state index contributed by atoms with van der Waals surface area (Å²) in [6.07, 6.45) is -5.13. The molecule has 0 saturated carbocycles. The fourth-order valence-corrected chi connectivity index (χ4v) is 4.18. The van der Waals surface area contributed by atoms with Crippen LogP contribution in [0.1, 0.15) is 50.0 Å². The third kappa shape index (κ3) is 6.08. The van der Waals surface area contributed by atoms with E-state index in [0.717, 1.165) is 16.7 Å². The summed E-state index contributed by atoms with van der Waals surface area (Å²) in [5, 5.41) is 9.30. The Kier molecular flexibility index (Phi) is 7.26. The number of likely N-dealkylation sites (N-methyl/N-ethyl adjacent to an activating group) is 1. The van der Waals surface area contributed by atoms with Gasteiger partial charge in [-0.3, -0.25) is 14.5 Å². The van der Waals surface area contributed by atoms with Gasteiger partial charge in [0.2, 0.25) is 5.91 Å². The summed E-state index contributed by atoms with van der Waals surface area (Å²) < 4.78 is 41.0. The van der Waals surface area contributed by atoms with Crippen molar-refractivity contribution in [2.24, 2.45) is 0 Å². The Hall–Kier alpha value is -3.07. The van der Waals surface area contributed by atoms with Crippen LogP contribution in [0.4, 0.5) is 13.2 Å². The van der Waals surface area contributed by atoms with Crippen LogP contribution in [0.25, 0.3) is 0 Å². The molecule has 9 heteroatoms. The van der Waals surface area contributed by atoms with Gasteiger partial charge in [-0.15, -0.1) is 13.2 Å². The molecule has 1 amide bonds. The molecule has 2 aromatic carbocycles. The normalized spacial score (nSPS) is 19.5. The third-order valence-electron chi connectivity index (χ3n) is 5.98. The average molecular weight is 479 g/mol. The molecule has 1 heterocycles. The number of carbonyl (C=O) groups is 2. The molecule has 2 aromatic rings. The van der Waals surface area contributed by atoms with E-state index in [1.54, 1.807) is 16.8 Å². The van der Waals surface area contributed by atoms with Crippen molar-refractivity contribution in [1.82, 2.24) is 9.80 Å². The molecule has 0 aromatic heterocycles. The first-order chi connectivity index (χ1) is 15.8. The van der Waals surface area contributed by atoms with E-state index in [1.807, 2.05) is 24.3 Å². The molecule has 1 aliphatic rings. The van der Waals surface area contributed by atoms with Crippen LogP contribution in [-0.2, 0) is 21.4 Å². The van der Waals surface area contributed by atoms with Gasteiger partial charge >= 0.3 is 12.3 Å². The zero-order chi connectivity index (χ0) is 25.3. The maximum atomic E-state index is 13.2. The zero-order valence-electron chi connectivity index (χ0n) is 19.6. The number of carbonyl (C=O) groups excluding carboxylic acids is 1. The van der Waals surface area contributed by atoms with Crippen molar-refractivity contribution in [1.29, 1.82) is 0 Å². The van der Waals surface area contributed by atoms with Gasteiger partial charge in [-0.1, -0.05) is 57.2 Å². The predicted octanol–water partition coefficient (Wildman–Crippen LogP) is 4.74. The number of amides is 1. The molecule has 6 nitrogen and oxygen atoms in total. The Balaban J connectivity index is 1.82. The minimum atomic E-state index is -4.76. The fraction of sp³-hybridized carbons (Fsp3) is 0.440. The topological polar surface area (TPSA) is 70.1 Å². The van der Waals surface area contributed by atoms with Crippen LogP contribution < -0.4 is 4.74 Å². The molecule has 0 aliphatic carbocycles. The number of carboxylic acid groups (broad SMARTS) is 1. The molecule has 0 spiro atoms. The number of carboxylic acids is 1. The minimum Gasteiger partial charge on any atom is -0.481 e. The lowest BCUT2D eigenvalue weighted by Crippen LogP contribution is -2.34. The highest BCUT2D eigenvalue weighted by molar-refractivity contribution is 5.88. The summed E-state index contributed by atoms with van der Waals surface area (Å²) >= 11 is 0. The monoisotopic (exact) mass is 478 g/mol. The number of hydrogen-bond donors (Lipinski definition) is 1. The van der Waals surface area contributed by atoms with Crippen molar-refractivity contribution in [3.05, 3.63) is 65.2 Å². The van der Waals surface area contributed by atoms with Crippen molar-refractivity contribution in [3.63, 3.8) is 0 Å². The second kappa shape index (κ2) is 9.66. The SMILES string of the molecule is CN1C(c2ccc(C(C)(C)C)cc2)N(CCc2ccc(OC(F)(F)F)cc2)C(=O)[C@@H]1CC(=O)O. The molecule has 34 heavy (non-hydrogen) atoms. The van der Waals surface area contributed by atoms with Crippen LogP contribution in [0, 0.1) is 0 Å². The second-order valence-electron chi connectivity index (χ2n) is 9.50. The highest BCUT2D eigenvalue weighted by Crippen LogP contribution is 2.35. The number of benzene rings is 2. The van der Waals surface area contributed by atoms with Gasteiger partial charge in [-0.05, 0) is 47.7 Å². The van der Waals surface area contributed by atoms with Crippen LogP contribution in [-0.4, -0.2) is 52.8 Å². The highest BCUT2D eigenvalue weighted by atomic mass is 19.4. The first kappa shape index (κ1) is 25.6. The lowest BCUT2D eigenvalue weighted by molar-refractivity contribution is -0.274. The van der Waals surface area contributed by atoms with Gasteiger partial charge in [-0.2, -0.15) is 0 Å². The van der Waals surface area contributed by atoms with E-state index < -0.39 is 24.5 Å². The maximum Gasteiger partial charge on any atom is 0.573 e. The van der Waals surface area contributed by atoms with E-state index >= 15 is 0 Å². The molecular weight excluding hydrogens is 449 g/mol. The van der Waals surface area contributed by atoms with Gasteiger partial charge in [-0.25, -0.2) is 0 Å². The molecule has 1 saturated heterocycles. The Morgan fingerprint density at radius 3 is 2.12 bits per heavy atom. The van der Waals surface area contributed by atoms with E-state index in [4.69, 9.17) is 0 Å². The summed E-state index contributed by atoms with van der Waals surface area (Å²) in [6.45, 7) is 6.60. The Morgan fingerprint density at radius 1 is 1.03 bits per heavy atom. The lowest BCUT2D eigenvalue weighted by Gasteiger charge is -2.29. The Labute approximate surface area is 196 Å². The predicted molar refractivity (Wildman–Crippen MR) is 120 cm³/mol. The smallest absolute Gasteiger partial charge is 0.481 e. The number of rotatable bonds is 7. The zero-order valence-corrected chi connectivity index (χ0v) is 19.6. The van der Waals surface area contributed by atoms with Crippen LogP contribution >= 0.6 is 0 Å². The molecule has 1 aliphatic heterocycles. The molecular formula is C25H29F3N2O4. The van der Waals surface area contributed by atoms with Crippen molar-refractivity contribution in [3.8, 4) is 5.75 Å². The summed E-state index contributed by atoms with van der Waals surface area (Å²) in [6, 6.07) is 12.6. The van der Waals surface area contributed by atoms with E-state index in [1.165, 1.54) is 24.3 Å². The maximum absolute atomic E-state index is 13.2. The standard InChI is InChI=1S/C25H29F3N2O4/c1-24(2,3)18-9-7-17(8-10-18)22-29(4)20(15-21(31)32)23(33)30(22)14-13-16-5-11-19(12-6-16)34-25(26,27)28/h5-12,20,22H,13-15H2,1-4H3,(H,31,32)/t20-,22?/m0/s1. The Bertz CT molecular complexity index is 1010. The third-order valence-corrected chi connectivity index (χ3v) is 5.98. The van der Waals surface area contributed by atoms with Gasteiger partial charge < -0.3 is 14.7 Å². The van der Waals surface area contributed by atoms with Crippen molar-refractivity contribution in [2.45, 2.75) is 57.6 Å². The molecule has 1 fully saturated rings. The van der Waals surface area contributed by atoms with Crippen LogP contribution in [0.5, 0.6) is 5.75 Å². The minimum absolute atomic E-state index is 0.0382. The molecule has 184 valence electrons. The average Bonchev–Trinajstić information content (AvgIpc) is 2.95. The molecule has 1 unspecified atom stereocenters. The van der Waals surface area contributed by atoms with E-state index in [0.29, 0.717) is 6.42 Å². The van der Waals surface area contributed by atoms with Gasteiger partial charge in [0, 0.05) is 6.54 Å². The van der Waals surface area contributed by atoms with Crippen molar-refractivity contribution >= 4 is 11.9 Å². The van der Waals surface area contributed by atoms with E-state index in [2.05, 4.69) is 25.5 Å². The van der Waals surface area contributed by atoms with Crippen LogP contribution in [0.2, 0.25) is 0 Å². The van der Waals surface area contributed by atoms with Gasteiger partial charge in [0.1, 0.15) is 18.0 Å². The van der Waals surface area contributed by atoms with Gasteiger partial charge in [0.25, 0.3) is 0 Å². The van der Waals surface area contributed by atoms with Crippen molar-refractivity contribution < 1.29 is 32.6 Å². The highest BCUT2D eigenvalue weighted by Gasteiger charge is 2.45. The van der Waals surface area contributed by atoms with Crippen LogP contribution in [0.15, 0.2) is 48.5 Å². The summed E-state index contributed by atoms with van der Waals surface area (Å²) in [7, 11) is 1.73.